The Balaban J connectivity index is 2.25. The molecular formula is C13H28N2O2S. The molecule has 0 aromatic carbocycles. The first-order valence-electron chi connectivity index (χ1n) is 7.26. The zero-order valence-electron chi connectivity index (χ0n) is 11.7. The maximum absolute atomic E-state index is 11.9. The summed E-state index contributed by atoms with van der Waals surface area (Å²) in [4.78, 5) is 0. The summed E-state index contributed by atoms with van der Waals surface area (Å²) < 4.78 is 26.8. The van der Waals surface area contributed by atoms with Crippen LogP contribution < -0.4 is 10.0 Å². The fourth-order valence-electron chi connectivity index (χ4n) is 2.47. The minimum absolute atomic E-state index is 0.160. The van der Waals surface area contributed by atoms with Crippen LogP contribution in [0.25, 0.3) is 0 Å². The van der Waals surface area contributed by atoms with Crippen LogP contribution >= 0.6 is 0 Å². The Morgan fingerprint density at radius 3 is 2.56 bits per heavy atom. The number of rotatable bonds is 8. The minimum atomic E-state index is -3.09. The van der Waals surface area contributed by atoms with E-state index in [0.717, 1.165) is 38.8 Å². The highest BCUT2D eigenvalue weighted by atomic mass is 32.2. The monoisotopic (exact) mass is 276 g/mol. The zero-order valence-corrected chi connectivity index (χ0v) is 12.6. The molecule has 0 aromatic rings. The second kappa shape index (κ2) is 8.12. The predicted octanol–water partition coefficient (Wildman–Crippen LogP) is 1.87. The summed E-state index contributed by atoms with van der Waals surface area (Å²) in [6.45, 7) is 6.01. The quantitative estimate of drug-likeness (QED) is 0.665. The SMILES string of the molecule is CCCNCCCS(=O)(=O)NC1CCCCC1C. The molecule has 1 fully saturated rings. The van der Waals surface area contributed by atoms with E-state index in [1.807, 2.05) is 0 Å². The van der Waals surface area contributed by atoms with Crippen molar-refractivity contribution < 1.29 is 8.42 Å². The largest absolute Gasteiger partial charge is 0.317 e. The Bertz CT molecular complexity index is 317. The summed E-state index contributed by atoms with van der Waals surface area (Å²) in [6.07, 6.45) is 6.30. The van der Waals surface area contributed by atoms with Gasteiger partial charge in [-0.2, -0.15) is 0 Å². The van der Waals surface area contributed by atoms with Gasteiger partial charge in [0.05, 0.1) is 5.75 Å². The molecule has 0 aromatic heterocycles. The van der Waals surface area contributed by atoms with E-state index in [1.165, 1.54) is 6.42 Å². The lowest BCUT2D eigenvalue weighted by atomic mass is 9.87. The molecule has 0 aliphatic heterocycles. The third-order valence-electron chi connectivity index (χ3n) is 3.64. The maximum atomic E-state index is 11.9. The van der Waals surface area contributed by atoms with Crippen molar-refractivity contribution >= 4 is 10.0 Å². The molecule has 1 aliphatic rings. The standard InChI is InChI=1S/C13H28N2O2S/c1-3-9-14-10-6-11-18(16,17)15-13-8-5-4-7-12(13)2/h12-15H,3-11H2,1-2H3. The molecule has 1 rings (SSSR count). The Kier molecular flexibility index (Phi) is 7.19. The molecule has 2 N–H and O–H groups in total. The fraction of sp³-hybridized carbons (Fsp3) is 1.00. The van der Waals surface area contributed by atoms with Crippen LogP contribution in [0.3, 0.4) is 0 Å². The topological polar surface area (TPSA) is 58.2 Å². The number of hydrogen-bond donors (Lipinski definition) is 2. The molecular weight excluding hydrogens is 248 g/mol. The van der Waals surface area contributed by atoms with Crippen LogP contribution in [0.15, 0.2) is 0 Å². The van der Waals surface area contributed by atoms with Crippen LogP contribution in [0, 0.1) is 5.92 Å². The molecule has 0 radical (unpaired) electrons. The van der Waals surface area contributed by atoms with Crippen LogP contribution in [0.1, 0.15) is 52.4 Å². The highest BCUT2D eigenvalue weighted by Crippen LogP contribution is 2.24. The van der Waals surface area contributed by atoms with Gasteiger partial charge in [0.25, 0.3) is 0 Å². The first-order chi connectivity index (χ1) is 8.55. The van der Waals surface area contributed by atoms with Crippen molar-refractivity contribution in [3.05, 3.63) is 0 Å². The van der Waals surface area contributed by atoms with E-state index in [4.69, 9.17) is 0 Å². The van der Waals surface area contributed by atoms with E-state index >= 15 is 0 Å². The molecule has 0 heterocycles. The molecule has 0 amide bonds. The van der Waals surface area contributed by atoms with Gasteiger partial charge in [-0.25, -0.2) is 13.1 Å². The summed E-state index contributed by atoms with van der Waals surface area (Å²) in [5, 5.41) is 3.23. The molecule has 4 nitrogen and oxygen atoms in total. The van der Waals surface area contributed by atoms with E-state index in [0.29, 0.717) is 12.3 Å². The third kappa shape index (κ3) is 6.16. The summed E-state index contributed by atoms with van der Waals surface area (Å²) in [6, 6.07) is 0.160. The van der Waals surface area contributed by atoms with E-state index in [9.17, 15) is 8.42 Å². The number of hydrogen-bond acceptors (Lipinski definition) is 3. The van der Waals surface area contributed by atoms with Gasteiger partial charge in [-0.3, -0.25) is 0 Å². The Labute approximate surface area is 112 Å². The first-order valence-corrected chi connectivity index (χ1v) is 8.91. The van der Waals surface area contributed by atoms with Gasteiger partial charge in [0.1, 0.15) is 0 Å². The van der Waals surface area contributed by atoms with Gasteiger partial charge in [-0.15, -0.1) is 0 Å². The van der Waals surface area contributed by atoms with Crippen molar-refractivity contribution in [2.45, 2.75) is 58.4 Å². The van der Waals surface area contributed by atoms with Gasteiger partial charge >= 0.3 is 0 Å². The van der Waals surface area contributed by atoms with Gasteiger partial charge in [-0.1, -0.05) is 26.7 Å². The molecule has 0 bridgehead atoms. The van der Waals surface area contributed by atoms with Crippen LogP contribution in [0.5, 0.6) is 0 Å². The molecule has 0 saturated heterocycles. The Morgan fingerprint density at radius 2 is 1.89 bits per heavy atom. The normalized spacial score (nSPS) is 25.2. The Morgan fingerprint density at radius 1 is 1.17 bits per heavy atom. The number of nitrogens with one attached hydrogen (secondary N) is 2. The first kappa shape index (κ1) is 15.9. The van der Waals surface area contributed by atoms with Crippen molar-refractivity contribution in [2.75, 3.05) is 18.8 Å². The third-order valence-corrected chi connectivity index (χ3v) is 5.12. The van der Waals surface area contributed by atoms with Crippen molar-refractivity contribution in [1.29, 1.82) is 0 Å². The lowest BCUT2D eigenvalue weighted by molar-refractivity contribution is 0.310. The van der Waals surface area contributed by atoms with Gasteiger partial charge in [-0.05, 0) is 44.7 Å². The van der Waals surface area contributed by atoms with Crippen LogP contribution in [0.2, 0.25) is 0 Å². The summed E-state index contributed by atoms with van der Waals surface area (Å²) in [7, 11) is -3.09. The minimum Gasteiger partial charge on any atom is -0.317 e. The summed E-state index contributed by atoms with van der Waals surface area (Å²) >= 11 is 0. The molecule has 2 unspecified atom stereocenters. The number of sulfonamides is 1. The lowest BCUT2D eigenvalue weighted by Crippen LogP contribution is -2.42. The molecule has 0 spiro atoms. The molecule has 108 valence electrons. The average molecular weight is 276 g/mol. The summed E-state index contributed by atoms with van der Waals surface area (Å²) in [5.41, 5.74) is 0. The van der Waals surface area contributed by atoms with Gasteiger partial charge in [0, 0.05) is 6.04 Å². The molecule has 1 saturated carbocycles. The summed E-state index contributed by atoms with van der Waals surface area (Å²) in [5.74, 6) is 0.721. The van der Waals surface area contributed by atoms with E-state index in [-0.39, 0.29) is 11.8 Å². The van der Waals surface area contributed by atoms with Crippen molar-refractivity contribution in [2.24, 2.45) is 5.92 Å². The highest BCUT2D eigenvalue weighted by molar-refractivity contribution is 7.89. The molecule has 5 heteroatoms. The zero-order chi connectivity index (χ0) is 13.4. The Hall–Kier alpha value is -0.130. The van der Waals surface area contributed by atoms with Gasteiger partial charge in [0.15, 0.2) is 0 Å². The predicted molar refractivity (Wildman–Crippen MR) is 76.1 cm³/mol. The van der Waals surface area contributed by atoms with Crippen molar-refractivity contribution in [3.8, 4) is 0 Å². The fourth-order valence-corrected chi connectivity index (χ4v) is 3.92. The van der Waals surface area contributed by atoms with E-state index < -0.39 is 10.0 Å². The van der Waals surface area contributed by atoms with Crippen molar-refractivity contribution in [3.63, 3.8) is 0 Å². The smallest absolute Gasteiger partial charge is 0.211 e. The second-order valence-corrected chi connectivity index (χ2v) is 7.28. The van der Waals surface area contributed by atoms with E-state index in [1.54, 1.807) is 0 Å². The van der Waals surface area contributed by atoms with Gasteiger partial charge in [0.2, 0.25) is 10.0 Å². The van der Waals surface area contributed by atoms with E-state index in [2.05, 4.69) is 23.9 Å². The van der Waals surface area contributed by atoms with Crippen LogP contribution in [0.4, 0.5) is 0 Å². The second-order valence-electron chi connectivity index (χ2n) is 5.41. The molecule has 2 atom stereocenters. The van der Waals surface area contributed by atoms with Gasteiger partial charge < -0.3 is 5.32 Å². The maximum Gasteiger partial charge on any atom is 0.211 e. The van der Waals surface area contributed by atoms with Crippen LogP contribution in [-0.4, -0.2) is 33.3 Å². The van der Waals surface area contributed by atoms with Crippen molar-refractivity contribution in [1.82, 2.24) is 10.0 Å². The lowest BCUT2D eigenvalue weighted by Gasteiger charge is -2.29. The average Bonchev–Trinajstić information content (AvgIpc) is 2.31. The van der Waals surface area contributed by atoms with Crippen LogP contribution in [-0.2, 0) is 10.0 Å². The molecule has 18 heavy (non-hydrogen) atoms. The molecule has 1 aliphatic carbocycles. The highest BCUT2D eigenvalue weighted by Gasteiger charge is 2.25.